The maximum absolute atomic E-state index is 10.4. The third kappa shape index (κ3) is 2.20. The fourth-order valence-electron chi connectivity index (χ4n) is 2.33. The Bertz CT molecular complexity index is 505. The molecule has 1 aliphatic rings. The summed E-state index contributed by atoms with van der Waals surface area (Å²) in [5.41, 5.74) is 1.95. The molecule has 0 bridgehead atoms. The molecular formula is C13H15NO2S. The van der Waals surface area contributed by atoms with Gasteiger partial charge in [-0.2, -0.15) is 0 Å². The molecule has 90 valence electrons. The van der Waals surface area contributed by atoms with E-state index in [1.165, 1.54) is 0 Å². The second-order valence-corrected chi connectivity index (χ2v) is 5.41. The van der Waals surface area contributed by atoms with Crippen molar-refractivity contribution in [3.8, 4) is 0 Å². The smallest absolute Gasteiger partial charge is 0.0835 e. The Kier molecular flexibility index (Phi) is 3.09. The van der Waals surface area contributed by atoms with Gasteiger partial charge in [-0.1, -0.05) is 0 Å². The summed E-state index contributed by atoms with van der Waals surface area (Å²) in [5, 5.41) is 12.4. The van der Waals surface area contributed by atoms with Crippen LogP contribution in [0.5, 0.6) is 0 Å². The topological polar surface area (TPSA) is 42.4 Å². The molecule has 0 radical (unpaired) electrons. The Hall–Kier alpha value is -0.970. The number of hydrogen-bond acceptors (Lipinski definition) is 4. The van der Waals surface area contributed by atoms with Gasteiger partial charge in [0.05, 0.1) is 16.3 Å². The Labute approximate surface area is 104 Å². The van der Waals surface area contributed by atoms with E-state index in [0.717, 1.165) is 41.8 Å². The lowest BCUT2D eigenvalue weighted by Crippen LogP contribution is -2.22. The fourth-order valence-corrected chi connectivity index (χ4v) is 3.12. The van der Waals surface area contributed by atoms with Crippen molar-refractivity contribution in [2.75, 3.05) is 13.2 Å². The average molecular weight is 249 g/mol. The van der Waals surface area contributed by atoms with Crippen molar-refractivity contribution >= 4 is 21.6 Å². The van der Waals surface area contributed by atoms with Crippen LogP contribution in [0, 0.1) is 5.92 Å². The number of aromatic nitrogens is 1. The van der Waals surface area contributed by atoms with Crippen molar-refractivity contribution in [3.63, 3.8) is 0 Å². The minimum atomic E-state index is -0.405. The first-order valence-corrected chi connectivity index (χ1v) is 6.81. The van der Waals surface area contributed by atoms with Gasteiger partial charge in [-0.15, -0.1) is 11.3 Å². The molecule has 0 spiro atoms. The molecule has 0 amide bonds. The van der Waals surface area contributed by atoms with E-state index in [1.54, 1.807) is 17.5 Å². The lowest BCUT2D eigenvalue weighted by Gasteiger charge is -2.26. The zero-order chi connectivity index (χ0) is 11.7. The Morgan fingerprint density at radius 1 is 1.41 bits per heavy atom. The van der Waals surface area contributed by atoms with Crippen LogP contribution >= 0.6 is 11.3 Å². The van der Waals surface area contributed by atoms with Gasteiger partial charge in [0, 0.05) is 25.0 Å². The molecule has 3 nitrogen and oxygen atoms in total. The summed E-state index contributed by atoms with van der Waals surface area (Å²) in [4.78, 5) is 4.38. The summed E-state index contributed by atoms with van der Waals surface area (Å²) in [6.07, 6.45) is 3.26. The number of pyridine rings is 1. The van der Waals surface area contributed by atoms with E-state index in [1.807, 2.05) is 11.4 Å². The average Bonchev–Trinajstić information content (AvgIpc) is 2.86. The number of fused-ring (bicyclic) bond motifs is 1. The van der Waals surface area contributed by atoms with E-state index in [0.29, 0.717) is 5.92 Å². The quantitative estimate of drug-likeness (QED) is 0.890. The Morgan fingerprint density at radius 3 is 3.06 bits per heavy atom. The second kappa shape index (κ2) is 4.72. The number of aliphatic hydroxyl groups excluding tert-OH is 1. The van der Waals surface area contributed by atoms with Crippen LogP contribution in [0.15, 0.2) is 23.7 Å². The van der Waals surface area contributed by atoms with Crippen LogP contribution in [0.25, 0.3) is 10.2 Å². The van der Waals surface area contributed by atoms with Crippen LogP contribution in [0.2, 0.25) is 0 Å². The normalized spacial score (nSPS) is 19.6. The van der Waals surface area contributed by atoms with Gasteiger partial charge in [0.1, 0.15) is 0 Å². The number of rotatable bonds is 2. The summed E-state index contributed by atoms with van der Waals surface area (Å²) in [6.45, 7) is 1.52. The van der Waals surface area contributed by atoms with Crippen LogP contribution in [0.1, 0.15) is 24.5 Å². The summed E-state index contributed by atoms with van der Waals surface area (Å²) in [7, 11) is 0. The Balaban J connectivity index is 1.86. The highest BCUT2D eigenvalue weighted by Crippen LogP contribution is 2.31. The molecule has 3 heterocycles. The lowest BCUT2D eigenvalue weighted by atomic mass is 9.90. The molecule has 1 fully saturated rings. The van der Waals surface area contributed by atoms with Crippen molar-refractivity contribution in [2.24, 2.45) is 5.92 Å². The monoisotopic (exact) mass is 249 g/mol. The highest BCUT2D eigenvalue weighted by Gasteiger charge is 2.23. The van der Waals surface area contributed by atoms with E-state index in [4.69, 9.17) is 4.74 Å². The number of hydrogen-bond donors (Lipinski definition) is 1. The molecule has 3 rings (SSSR count). The Morgan fingerprint density at radius 2 is 2.24 bits per heavy atom. The van der Waals surface area contributed by atoms with Gasteiger partial charge < -0.3 is 9.84 Å². The van der Waals surface area contributed by atoms with Gasteiger partial charge in [0.15, 0.2) is 0 Å². The third-order valence-electron chi connectivity index (χ3n) is 3.38. The largest absolute Gasteiger partial charge is 0.388 e. The summed E-state index contributed by atoms with van der Waals surface area (Å²) >= 11 is 1.67. The van der Waals surface area contributed by atoms with E-state index in [2.05, 4.69) is 11.1 Å². The first kappa shape index (κ1) is 11.1. The minimum Gasteiger partial charge on any atom is -0.388 e. The molecule has 2 aromatic heterocycles. The minimum absolute atomic E-state index is 0.308. The van der Waals surface area contributed by atoms with Gasteiger partial charge in [0.2, 0.25) is 0 Å². The van der Waals surface area contributed by atoms with Gasteiger partial charge >= 0.3 is 0 Å². The van der Waals surface area contributed by atoms with Crippen molar-refractivity contribution in [2.45, 2.75) is 18.9 Å². The van der Waals surface area contributed by atoms with Gasteiger partial charge in [-0.05, 0) is 36.3 Å². The molecule has 1 atom stereocenters. The SMILES string of the molecule is OC(c1cnc2ccsc2c1)C1CCOCC1. The summed E-state index contributed by atoms with van der Waals surface area (Å²) < 4.78 is 6.47. The van der Waals surface area contributed by atoms with Crippen molar-refractivity contribution in [3.05, 3.63) is 29.3 Å². The highest BCUT2D eigenvalue weighted by atomic mass is 32.1. The molecule has 2 aromatic rings. The van der Waals surface area contributed by atoms with Crippen molar-refractivity contribution < 1.29 is 9.84 Å². The van der Waals surface area contributed by atoms with Crippen LogP contribution in [-0.4, -0.2) is 23.3 Å². The van der Waals surface area contributed by atoms with Crippen LogP contribution in [0.4, 0.5) is 0 Å². The standard InChI is InChI=1S/C13H15NO2S/c15-13(9-1-4-16-5-2-9)10-7-12-11(14-8-10)3-6-17-12/h3,6-9,13,15H,1-2,4-5H2. The van der Waals surface area contributed by atoms with E-state index >= 15 is 0 Å². The van der Waals surface area contributed by atoms with Gasteiger partial charge in [-0.25, -0.2) is 0 Å². The predicted octanol–water partition coefficient (Wildman–Crippen LogP) is 2.76. The fraction of sp³-hybridized carbons (Fsp3) is 0.462. The maximum Gasteiger partial charge on any atom is 0.0835 e. The molecule has 1 saturated heterocycles. The molecular weight excluding hydrogens is 234 g/mol. The third-order valence-corrected chi connectivity index (χ3v) is 4.23. The first-order chi connectivity index (χ1) is 8.34. The molecule has 0 aromatic carbocycles. The zero-order valence-corrected chi connectivity index (χ0v) is 10.3. The van der Waals surface area contributed by atoms with Crippen LogP contribution < -0.4 is 0 Å². The molecule has 1 aliphatic heterocycles. The van der Waals surface area contributed by atoms with E-state index in [-0.39, 0.29) is 0 Å². The highest BCUT2D eigenvalue weighted by molar-refractivity contribution is 7.17. The molecule has 17 heavy (non-hydrogen) atoms. The number of nitrogens with zero attached hydrogens (tertiary/aromatic N) is 1. The van der Waals surface area contributed by atoms with E-state index in [9.17, 15) is 5.11 Å². The maximum atomic E-state index is 10.4. The van der Waals surface area contributed by atoms with Gasteiger partial charge in [0.25, 0.3) is 0 Å². The number of thiophene rings is 1. The van der Waals surface area contributed by atoms with Crippen molar-refractivity contribution in [1.82, 2.24) is 4.98 Å². The van der Waals surface area contributed by atoms with Crippen molar-refractivity contribution in [1.29, 1.82) is 0 Å². The molecule has 4 heteroatoms. The molecule has 0 aliphatic carbocycles. The van der Waals surface area contributed by atoms with E-state index < -0.39 is 6.10 Å². The van der Waals surface area contributed by atoms with Gasteiger partial charge in [-0.3, -0.25) is 4.98 Å². The lowest BCUT2D eigenvalue weighted by molar-refractivity contribution is 0.00713. The van der Waals surface area contributed by atoms with Crippen LogP contribution in [-0.2, 0) is 4.74 Å². The predicted molar refractivity (Wildman–Crippen MR) is 68.1 cm³/mol. The number of aliphatic hydroxyl groups is 1. The molecule has 0 saturated carbocycles. The zero-order valence-electron chi connectivity index (χ0n) is 9.50. The second-order valence-electron chi connectivity index (χ2n) is 4.47. The molecule has 1 N–H and O–H groups in total. The van der Waals surface area contributed by atoms with Crippen LogP contribution in [0.3, 0.4) is 0 Å². The molecule has 1 unspecified atom stereocenters. The summed E-state index contributed by atoms with van der Waals surface area (Å²) in [5.74, 6) is 0.308. The number of ether oxygens (including phenoxy) is 1. The first-order valence-electron chi connectivity index (χ1n) is 5.93. The summed E-state index contributed by atoms with van der Waals surface area (Å²) in [6, 6.07) is 4.07.